The lowest BCUT2D eigenvalue weighted by molar-refractivity contribution is 0.230. The van der Waals surface area contributed by atoms with Gasteiger partial charge in [0.05, 0.1) is 15.2 Å². The van der Waals surface area contributed by atoms with Gasteiger partial charge in [-0.1, -0.05) is 36.4 Å². The lowest BCUT2D eigenvalue weighted by Crippen LogP contribution is -2.41. The zero-order valence-electron chi connectivity index (χ0n) is 16.0. The second kappa shape index (κ2) is 9.17. The van der Waals surface area contributed by atoms with Crippen LogP contribution in [0.2, 0.25) is 0 Å². The third-order valence-electron chi connectivity index (χ3n) is 5.11. The summed E-state index contributed by atoms with van der Waals surface area (Å²) in [6.07, 6.45) is 2.89. The highest BCUT2D eigenvalue weighted by molar-refractivity contribution is 7.18. The second-order valence-electron chi connectivity index (χ2n) is 7.16. The number of para-hydroxylation sites is 1. The molecule has 1 aliphatic heterocycles. The number of fused-ring (bicyclic) bond motifs is 2. The lowest BCUT2D eigenvalue weighted by Gasteiger charge is -2.28. The van der Waals surface area contributed by atoms with Gasteiger partial charge in [0.2, 0.25) is 0 Å². The predicted molar refractivity (Wildman–Crippen MR) is 115 cm³/mol. The highest BCUT2D eigenvalue weighted by atomic mass is 32.1. The summed E-state index contributed by atoms with van der Waals surface area (Å²) in [5.74, 6) is 0. The van der Waals surface area contributed by atoms with E-state index in [2.05, 4.69) is 50.8 Å². The summed E-state index contributed by atoms with van der Waals surface area (Å²) < 4.78 is 1.23. The average Bonchev–Trinajstić information content (AvgIpc) is 3.14. The van der Waals surface area contributed by atoms with Crippen molar-refractivity contribution in [3.8, 4) is 0 Å². The van der Waals surface area contributed by atoms with Crippen LogP contribution in [-0.4, -0.2) is 42.1 Å². The molecule has 0 unspecified atom stereocenters. The molecule has 2 heterocycles. The molecule has 0 bridgehead atoms. The highest BCUT2D eigenvalue weighted by Gasteiger charge is 2.15. The standard InChI is InChI=1S/C22H26N4OS/c27-22(23-12-5-10-21-25-19-8-3-4-9-20(19)28-21)24-13-15-26-14-11-17-6-1-2-7-18(17)16-26/h1-4,6-9H,5,10-16H2,(H2,23,24,27). The number of amides is 2. The molecule has 0 spiro atoms. The van der Waals surface area contributed by atoms with Crippen molar-refractivity contribution in [1.82, 2.24) is 20.5 Å². The van der Waals surface area contributed by atoms with Gasteiger partial charge in [0, 0.05) is 39.1 Å². The molecule has 5 nitrogen and oxygen atoms in total. The lowest BCUT2D eigenvalue weighted by atomic mass is 10.00. The number of nitrogens with one attached hydrogen (secondary N) is 2. The highest BCUT2D eigenvalue weighted by Crippen LogP contribution is 2.22. The summed E-state index contributed by atoms with van der Waals surface area (Å²) in [6, 6.07) is 16.7. The Bertz CT molecular complexity index is 906. The van der Waals surface area contributed by atoms with Gasteiger partial charge < -0.3 is 10.6 Å². The van der Waals surface area contributed by atoms with Crippen LogP contribution in [0.15, 0.2) is 48.5 Å². The summed E-state index contributed by atoms with van der Waals surface area (Å²) in [5.41, 5.74) is 3.93. The second-order valence-corrected chi connectivity index (χ2v) is 8.27. The number of rotatable bonds is 7. The number of aryl methyl sites for hydroxylation is 1. The Balaban J connectivity index is 1.11. The molecule has 4 rings (SSSR count). The van der Waals surface area contributed by atoms with Gasteiger partial charge in [-0.3, -0.25) is 4.90 Å². The van der Waals surface area contributed by atoms with Crippen LogP contribution in [-0.2, 0) is 19.4 Å². The molecule has 2 aromatic carbocycles. The molecule has 0 fully saturated rings. The monoisotopic (exact) mass is 394 g/mol. The number of urea groups is 1. The van der Waals surface area contributed by atoms with Gasteiger partial charge in [0.1, 0.15) is 0 Å². The van der Waals surface area contributed by atoms with E-state index in [0.717, 1.165) is 49.4 Å². The first-order valence-electron chi connectivity index (χ1n) is 9.93. The van der Waals surface area contributed by atoms with Crippen molar-refractivity contribution in [1.29, 1.82) is 0 Å². The molecule has 146 valence electrons. The van der Waals surface area contributed by atoms with E-state index in [-0.39, 0.29) is 6.03 Å². The molecule has 2 amide bonds. The quantitative estimate of drug-likeness (QED) is 0.602. The van der Waals surface area contributed by atoms with Gasteiger partial charge >= 0.3 is 6.03 Å². The third-order valence-corrected chi connectivity index (χ3v) is 6.21. The maximum Gasteiger partial charge on any atom is 0.314 e. The molecule has 1 aliphatic rings. The van der Waals surface area contributed by atoms with Gasteiger partial charge in [-0.2, -0.15) is 0 Å². The van der Waals surface area contributed by atoms with Crippen LogP contribution in [0.5, 0.6) is 0 Å². The maximum absolute atomic E-state index is 12.0. The molecule has 28 heavy (non-hydrogen) atoms. The van der Waals surface area contributed by atoms with Crippen molar-refractivity contribution in [2.45, 2.75) is 25.8 Å². The molecule has 0 radical (unpaired) electrons. The number of nitrogens with zero attached hydrogens (tertiary/aromatic N) is 2. The van der Waals surface area contributed by atoms with Gasteiger partial charge in [-0.15, -0.1) is 11.3 Å². The van der Waals surface area contributed by atoms with E-state index in [0.29, 0.717) is 13.1 Å². The van der Waals surface area contributed by atoms with Gasteiger partial charge in [0.25, 0.3) is 0 Å². The molecule has 2 N–H and O–H groups in total. The zero-order valence-corrected chi connectivity index (χ0v) is 16.8. The van der Waals surface area contributed by atoms with Crippen molar-refractivity contribution in [2.75, 3.05) is 26.2 Å². The van der Waals surface area contributed by atoms with E-state index in [9.17, 15) is 4.79 Å². The molecule has 0 aliphatic carbocycles. The summed E-state index contributed by atoms with van der Waals surface area (Å²) in [4.78, 5) is 19.0. The number of hydrogen-bond acceptors (Lipinski definition) is 4. The molecular formula is C22H26N4OS. The molecule has 0 saturated heterocycles. The Morgan fingerprint density at radius 1 is 1.04 bits per heavy atom. The number of carbonyl (C=O) groups excluding carboxylic acids is 1. The Hall–Kier alpha value is -2.44. The summed E-state index contributed by atoms with van der Waals surface area (Å²) in [6.45, 7) is 4.25. The minimum Gasteiger partial charge on any atom is -0.338 e. The van der Waals surface area contributed by atoms with E-state index in [1.807, 2.05) is 18.2 Å². The van der Waals surface area contributed by atoms with Crippen molar-refractivity contribution in [3.63, 3.8) is 0 Å². The van der Waals surface area contributed by atoms with Crippen LogP contribution in [0, 0.1) is 0 Å². The van der Waals surface area contributed by atoms with Crippen molar-refractivity contribution in [2.24, 2.45) is 0 Å². The first-order valence-corrected chi connectivity index (χ1v) is 10.7. The minimum absolute atomic E-state index is 0.0818. The summed E-state index contributed by atoms with van der Waals surface area (Å²) >= 11 is 1.74. The molecule has 6 heteroatoms. The average molecular weight is 395 g/mol. The third kappa shape index (κ3) is 4.88. The Morgan fingerprint density at radius 2 is 1.82 bits per heavy atom. The largest absolute Gasteiger partial charge is 0.338 e. The predicted octanol–water partition coefficient (Wildman–Crippen LogP) is 3.59. The number of thiazole rings is 1. The molecule has 3 aromatic rings. The van der Waals surface area contributed by atoms with Crippen molar-refractivity contribution in [3.05, 3.63) is 64.7 Å². The fourth-order valence-electron chi connectivity index (χ4n) is 3.60. The molecule has 0 atom stereocenters. The number of hydrogen-bond donors (Lipinski definition) is 2. The van der Waals surface area contributed by atoms with Crippen LogP contribution in [0.1, 0.15) is 22.6 Å². The summed E-state index contributed by atoms with van der Waals surface area (Å²) in [5, 5.41) is 7.05. The summed E-state index contributed by atoms with van der Waals surface area (Å²) in [7, 11) is 0. The fourth-order valence-corrected chi connectivity index (χ4v) is 4.61. The smallest absolute Gasteiger partial charge is 0.314 e. The Kier molecular flexibility index (Phi) is 6.19. The number of carbonyl (C=O) groups is 1. The van der Waals surface area contributed by atoms with E-state index < -0.39 is 0 Å². The van der Waals surface area contributed by atoms with Gasteiger partial charge in [-0.05, 0) is 36.1 Å². The Morgan fingerprint density at radius 3 is 2.71 bits per heavy atom. The zero-order chi connectivity index (χ0) is 19.2. The number of benzene rings is 2. The topological polar surface area (TPSA) is 57.3 Å². The normalized spacial score (nSPS) is 14.0. The molecular weight excluding hydrogens is 368 g/mol. The van der Waals surface area contributed by atoms with E-state index in [1.54, 1.807) is 11.3 Å². The van der Waals surface area contributed by atoms with Gasteiger partial charge in [0.15, 0.2) is 0 Å². The van der Waals surface area contributed by atoms with Crippen molar-refractivity contribution < 1.29 is 4.79 Å². The first kappa shape index (κ1) is 18.9. The van der Waals surface area contributed by atoms with Crippen molar-refractivity contribution >= 4 is 27.6 Å². The van der Waals surface area contributed by atoms with Crippen LogP contribution in [0.3, 0.4) is 0 Å². The van der Waals surface area contributed by atoms with E-state index in [1.165, 1.54) is 15.8 Å². The first-order chi connectivity index (χ1) is 13.8. The van der Waals surface area contributed by atoms with E-state index in [4.69, 9.17) is 0 Å². The SMILES string of the molecule is O=C(NCCCc1nc2ccccc2s1)NCCN1CCc2ccccc2C1. The van der Waals surface area contributed by atoms with Gasteiger partial charge in [-0.25, -0.2) is 9.78 Å². The Labute approximate surface area is 169 Å². The van der Waals surface area contributed by atoms with Crippen LogP contribution < -0.4 is 10.6 Å². The fraction of sp³-hybridized carbons (Fsp3) is 0.364. The van der Waals surface area contributed by atoms with Crippen LogP contribution in [0.4, 0.5) is 4.79 Å². The minimum atomic E-state index is -0.0818. The van der Waals surface area contributed by atoms with E-state index >= 15 is 0 Å². The maximum atomic E-state index is 12.0. The number of aromatic nitrogens is 1. The van der Waals surface area contributed by atoms with Crippen LogP contribution in [0.25, 0.3) is 10.2 Å². The molecule has 1 aromatic heterocycles. The molecule has 0 saturated carbocycles. The van der Waals surface area contributed by atoms with Crippen LogP contribution >= 0.6 is 11.3 Å².